The molecule has 0 aliphatic heterocycles. The lowest BCUT2D eigenvalue weighted by atomic mass is 10.0. The Morgan fingerprint density at radius 1 is 1.53 bits per heavy atom. The molecule has 0 unspecified atom stereocenters. The third-order valence-corrected chi connectivity index (χ3v) is 2.52. The Kier molecular flexibility index (Phi) is 4.53. The molecule has 0 saturated heterocycles. The molecule has 4 heteroatoms. The highest BCUT2D eigenvalue weighted by Gasteiger charge is 2.17. The lowest BCUT2D eigenvalue weighted by Gasteiger charge is -2.11. The van der Waals surface area contributed by atoms with Crippen LogP contribution < -0.4 is 4.74 Å². The highest BCUT2D eigenvalue weighted by atomic mass is 16.5. The molecule has 0 saturated carbocycles. The summed E-state index contributed by atoms with van der Waals surface area (Å²) in [4.78, 5) is 11.2. The molecule has 0 aliphatic carbocycles. The number of benzene rings is 1. The van der Waals surface area contributed by atoms with Gasteiger partial charge >= 0.3 is 5.97 Å². The molecular weight excluding hydrogens is 218 g/mol. The number of carbonyl (C=O) groups is 1. The first kappa shape index (κ1) is 13.0. The second-order valence-corrected chi connectivity index (χ2v) is 3.73. The Morgan fingerprint density at radius 3 is 2.76 bits per heavy atom. The molecular formula is C13H15NO3. The van der Waals surface area contributed by atoms with Crippen LogP contribution in [-0.4, -0.2) is 17.7 Å². The minimum Gasteiger partial charge on any atom is -0.493 e. The van der Waals surface area contributed by atoms with E-state index in [0.29, 0.717) is 23.5 Å². The second kappa shape index (κ2) is 5.90. The molecule has 0 aliphatic rings. The summed E-state index contributed by atoms with van der Waals surface area (Å²) in [5.41, 5.74) is 0.902. The number of ether oxygens (including phenoxy) is 1. The predicted molar refractivity (Wildman–Crippen MR) is 63.3 cm³/mol. The number of hydrogen-bond acceptors (Lipinski definition) is 3. The summed E-state index contributed by atoms with van der Waals surface area (Å²) < 4.78 is 5.43. The minimum absolute atomic E-state index is 0.0835. The Balaban J connectivity index is 3.09. The van der Waals surface area contributed by atoms with Crippen molar-refractivity contribution < 1.29 is 14.6 Å². The molecule has 0 atom stereocenters. The smallest absolute Gasteiger partial charge is 0.339 e. The van der Waals surface area contributed by atoms with Crippen LogP contribution >= 0.6 is 0 Å². The Labute approximate surface area is 100 Å². The van der Waals surface area contributed by atoms with Gasteiger partial charge in [-0.15, -0.1) is 0 Å². The third kappa shape index (κ3) is 2.97. The van der Waals surface area contributed by atoms with Crippen LogP contribution in [0.2, 0.25) is 0 Å². The van der Waals surface area contributed by atoms with E-state index in [1.807, 2.05) is 13.0 Å². The van der Waals surface area contributed by atoms with Gasteiger partial charge in [-0.3, -0.25) is 0 Å². The number of carboxylic acid groups (broad SMARTS) is 1. The quantitative estimate of drug-likeness (QED) is 0.794. The van der Waals surface area contributed by atoms with Crippen molar-refractivity contribution in [1.82, 2.24) is 0 Å². The van der Waals surface area contributed by atoms with E-state index in [-0.39, 0.29) is 5.56 Å². The predicted octanol–water partition coefficient (Wildman–Crippen LogP) is 2.74. The molecule has 1 aromatic carbocycles. The van der Waals surface area contributed by atoms with Gasteiger partial charge in [0.15, 0.2) is 0 Å². The van der Waals surface area contributed by atoms with Gasteiger partial charge in [0.2, 0.25) is 0 Å². The van der Waals surface area contributed by atoms with E-state index >= 15 is 0 Å². The van der Waals surface area contributed by atoms with Gasteiger partial charge in [-0.05, 0) is 31.0 Å². The molecule has 0 fully saturated rings. The highest BCUT2D eigenvalue weighted by molar-refractivity contribution is 5.93. The number of hydrogen-bond donors (Lipinski definition) is 1. The maximum absolute atomic E-state index is 11.2. The Morgan fingerprint density at radius 2 is 2.24 bits per heavy atom. The summed E-state index contributed by atoms with van der Waals surface area (Å²) >= 11 is 0. The van der Waals surface area contributed by atoms with Crippen molar-refractivity contribution >= 4 is 5.97 Å². The molecule has 0 amide bonds. The molecule has 1 rings (SSSR count). The topological polar surface area (TPSA) is 70.3 Å². The van der Waals surface area contributed by atoms with Crippen LogP contribution in [0.4, 0.5) is 0 Å². The largest absolute Gasteiger partial charge is 0.493 e. The Bertz CT molecular complexity index is 460. The summed E-state index contributed by atoms with van der Waals surface area (Å²) in [6, 6.07) is 5.10. The van der Waals surface area contributed by atoms with Crippen molar-refractivity contribution in [3.05, 3.63) is 28.8 Å². The molecule has 0 spiro atoms. The van der Waals surface area contributed by atoms with E-state index in [4.69, 9.17) is 15.1 Å². The SMILES string of the molecule is CCCCOc1ccc(C#N)c(C)c1C(=O)O. The van der Waals surface area contributed by atoms with Crippen molar-refractivity contribution in [3.63, 3.8) is 0 Å². The van der Waals surface area contributed by atoms with E-state index in [1.54, 1.807) is 19.1 Å². The van der Waals surface area contributed by atoms with Crippen molar-refractivity contribution in [2.24, 2.45) is 0 Å². The molecule has 17 heavy (non-hydrogen) atoms. The van der Waals surface area contributed by atoms with Crippen molar-refractivity contribution in [3.8, 4) is 11.8 Å². The van der Waals surface area contributed by atoms with Gasteiger partial charge in [-0.2, -0.15) is 5.26 Å². The number of unbranched alkanes of at least 4 members (excludes halogenated alkanes) is 1. The van der Waals surface area contributed by atoms with Crippen LogP contribution in [0, 0.1) is 18.3 Å². The van der Waals surface area contributed by atoms with Gasteiger partial charge in [0, 0.05) is 0 Å². The van der Waals surface area contributed by atoms with Gasteiger partial charge in [0.25, 0.3) is 0 Å². The summed E-state index contributed by atoms with van der Waals surface area (Å²) in [7, 11) is 0. The van der Waals surface area contributed by atoms with E-state index < -0.39 is 5.97 Å². The molecule has 1 N–H and O–H groups in total. The van der Waals surface area contributed by atoms with Crippen LogP contribution in [0.15, 0.2) is 12.1 Å². The van der Waals surface area contributed by atoms with Gasteiger partial charge in [-0.1, -0.05) is 13.3 Å². The van der Waals surface area contributed by atoms with E-state index in [0.717, 1.165) is 12.8 Å². The van der Waals surface area contributed by atoms with Gasteiger partial charge in [-0.25, -0.2) is 4.79 Å². The number of rotatable bonds is 5. The first-order chi connectivity index (χ1) is 8.11. The molecule has 0 heterocycles. The first-order valence-corrected chi connectivity index (χ1v) is 5.51. The van der Waals surface area contributed by atoms with Crippen LogP contribution in [0.25, 0.3) is 0 Å². The maximum atomic E-state index is 11.2. The number of carboxylic acids is 1. The normalized spacial score (nSPS) is 9.71. The van der Waals surface area contributed by atoms with Crippen LogP contribution in [0.5, 0.6) is 5.75 Å². The summed E-state index contributed by atoms with van der Waals surface area (Å²) in [6.45, 7) is 4.14. The molecule has 4 nitrogen and oxygen atoms in total. The molecule has 0 aromatic heterocycles. The van der Waals surface area contributed by atoms with E-state index in [2.05, 4.69) is 0 Å². The van der Waals surface area contributed by atoms with Gasteiger partial charge < -0.3 is 9.84 Å². The standard InChI is InChI=1S/C13H15NO3/c1-3-4-7-17-11-6-5-10(8-14)9(2)12(11)13(15)16/h5-6H,3-4,7H2,1-2H3,(H,15,16). The second-order valence-electron chi connectivity index (χ2n) is 3.73. The molecule has 1 aromatic rings. The zero-order valence-corrected chi connectivity index (χ0v) is 9.99. The summed E-state index contributed by atoms with van der Waals surface area (Å²) in [5.74, 6) is -0.728. The maximum Gasteiger partial charge on any atom is 0.339 e. The highest BCUT2D eigenvalue weighted by Crippen LogP contribution is 2.25. The molecule has 90 valence electrons. The first-order valence-electron chi connectivity index (χ1n) is 5.51. The molecule has 0 radical (unpaired) electrons. The van der Waals surface area contributed by atoms with E-state index in [1.165, 1.54) is 0 Å². The fraction of sp³-hybridized carbons (Fsp3) is 0.385. The minimum atomic E-state index is -1.06. The summed E-state index contributed by atoms with van der Waals surface area (Å²) in [5, 5.41) is 18.0. The number of nitriles is 1. The van der Waals surface area contributed by atoms with E-state index in [9.17, 15) is 4.79 Å². The van der Waals surface area contributed by atoms with Crippen molar-refractivity contribution in [2.45, 2.75) is 26.7 Å². The average Bonchev–Trinajstić information content (AvgIpc) is 2.29. The van der Waals surface area contributed by atoms with Crippen LogP contribution in [0.1, 0.15) is 41.3 Å². The average molecular weight is 233 g/mol. The van der Waals surface area contributed by atoms with Crippen LogP contribution in [-0.2, 0) is 0 Å². The fourth-order valence-electron chi connectivity index (χ4n) is 1.52. The van der Waals surface area contributed by atoms with Crippen molar-refractivity contribution in [1.29, 1.82) is 5.26 Å². The Hall–Kier alpha value is -2.02. The third-order valence-electron chi connectivity index (χ3n) is 2.52. The monoisotopic (exact) mass is 233 g/mol. The fourth-order valence-corrected chi connectivity index (χ4v) is 1.52. The van der Waals surface area contributed by atoms with Gasteiger partial charge in [0.05, 0.1) is 18.2 Å². The lowest BCUT2D eigenvalue weighted by molar-refractivity contribution is 0.0691. The number of aromatic carboxylic acids is 1. The number of nitrogens with zero attached hydrogens (tertiary/aromatic N) is 1. The summed E-state index contributed by atoms with van der Waals surface area (Å²) in [6.07, 6.45) is 1.86. The zero-order valence-electron chi connectivity index (χ0n) is 9.99. The zero-order chi connectivity index (χ0) is 12.8. The molecule has 0 bridgehead atoms. The lowest BCUT2D eigenvalue weighted by Crippen LogP contribution is -2.07. The van der Waals surface area contributed by atoms with Gasteiger partial charge in [0.1, 0.15) is 11.3 Å². The van der Waals surface area contributed by atoms with Crippen LogP contribution in [0.3, 0.4) is 0 Å². The van der Waals surface area contributed by atoms with Crippen molar-refractivity contribution in [2.75, 3.05) is 6.61 Å².